The Hall–Kier alpha value is -2.88. The van der Waals surface area contributed by atoms with E-state index in [9.17, 15) is 9.59 Å². The Kier molecular flexibility index (Phi) is 8.26. The monoisotopic (exact) mass is 473 g/mol. The van der Waals surface area contributed by atoms with Gasteiger partial charge >= 0.3 is 0 Å². The van der Waals surface area contributed by atoms with E-state index in [1.807, 2.05) is 23.6 Å². The van der Waals surface area contributed by atoms with Crippen LogP contribution < -0.4 is 10.6 Å². The first kappa shape index (κ1) is 23.8. The number of nitrogens with zero attached hydrogens (tertiary/aromatic N) is 3. The van der Waals surface area contributed by atoms with Crippen molar-refractivity contribution in [2.45, 2.75) is 30.8 Å². The summed E-state index contributed by atoms with van der Waals surface area (Å²) in [4.78, 5) is 23.8. The number of hydrogen-bond donors (Lipinski definition) is 2. The third-order valence-electron chi connectivity index (χ3n) is 4.46. The van der Waals surface area contributed by atoms with Gasteiger partial charge in [0.1, 0.15) is 0 Å². The van der Waals surface area contributed by atoms with Crippen molar-refractivity contribution < 1.29 is 14.3 Å². The molecule has 1 aromatic heterocycles. The molecule has 0 saturated heterocycles. The van der Waals surface area contributed by atoms with Crippen molar-refractivity contribution >= 4 is 46.6 Å². The summed E-state index contributed by atoms with van der Waals surface area (Å²) in [6, 6.07) is 14.3. The molecular weight excluding hydrogens is 450 g/mol. The van der Waals surface area contributed by atoms with E-state index in [-0.39, 0.29) is 11.8 Å². The number of ether oxygens (including phenoxy) is 1. The molecule has 0 aliphatic carbocycles. The van der Waals surface area contributed by atoms with Gasteiger partial charge in [-0.05, 0) is 55.5 Å². The van der Waals surface area contributed by atoms with Gasteiger partial charge in [0, 0.05) is 36.0 Å². The number of thioether (sulfide) groups is 1. The lowest BCUT2D eigenvalue weighted by atomic mass is 10.2. The number of methoxy groups -OCH3 is 1. The van der Waals surface area contributed by atoms with Gasteiger partial charge < -0.3 is 15.4 Å². The smallest absolute Gasteiger partial charge is 0.237 e. The number of amides is 2. The number of nitrogens with one attached hydrogen (secondary N) is 2. The molecule has 2 N–H and O–H groups in total. The maximum absolute atomic E-state index is 12.7. The SMILES string of the molecule is COCCn1c(SC(C)C(=O)Nc2ccc(NC(C)=O)cc2)nnc1-c1ccc(Cl)cc1. The van der Waals surface area contributed by atoms with Crippen LogP contribution in [0.5, 0.6) is 0 Å². The summed E-state index contributed by atoms with van der Waals surface area (Å²) in [5.41, 5.74) is 2.18. The topological polar surface area (TPSA) is 98.1 Å². The van der Waals surface area contributed by atoms with E-state index < -0.39 is 5.25 Å². The fourth-order valence-corrected chi connectivity index (χ4v) is 3.87. The van der Waals surface area contributed by atoms with Crippen LogP contribution in [0, 0.1) is 0 Å². The number of carbonyl (C=O) groups is 2. The molecule has 2 amide bonds. The fraction of sp³-hybridized carbons (Fsp3) is 0.273. The predicted molar refractivity (Wildman–Crippen MR) is 127 cm³/mol. The zero-order valence-electron chi connectivity index (χ0n) is 18.0. The van der Waals surface area contributed by atoms with Gasteiger partial charge in [0.05, 0.1) is 18.4 Å². The minimum Gasteiger partial charge on any atom is -0.383 e. The minimum absolute atomic E-state index is 0.151. The standard InChI is InChI=1S/C22H24ClN5O3S/c1-14(21(30)25-19-10-8-18(9-11-19)24-15(2)29)32-22-27-26-20(28(22)12-13-31-3)16-4-6-17(23)7-5-16/h4-11,14H,12-13H2,1-3H3,(H,24,29)(H,25,30). The van der Waals surface area contributed by atoms with Crippen molar-refractivity contribution in [1.29, 1.82) is 0 Å². The lowest BCUT2D eigenvalue weighted by molar-refractivity contribution is -0.115. The third-order valence-corrected chi connectivity index (χ3v) is 5.79. The van der Waals surface area contributed by atoms with Crippen molar-refractivity contribution in [3.8, 4) is 11.4 Å². The van der Waals surface area contributed by atoms with Gasteiger partial charge in [0.25, 0.3) is 0 Å². The lowest BCUT2D eigenvalue weighted by Gasteiger charge is -2.14. The predicted octanol–water partition coefficient (Wildman–Crippen LogP) is 4.32. The normalized spacial score (nSPS) is 11.8. The molecule has 10 heteroatoms. The highest BCUT2D eigenvalue weighted by Crippen LogP contribution is 2.28. The van der Waals surface area contributed by atoms with Crippen molar-refractivity contribution in [3.05, 3.63) is 53.6 Å². The highest BCUT2D eigenvalue weighted by molar-refractivity contribution is 8.00. The molecule has 1 atom stereocenters. The van der Waals surface area contributed by atoms with E-state index >= 15 is 0 Å². The van der Waals surface area contributed by atoms with Crippen LogP contribution in [0.3, 0.4) is 0 Å². The van der Waals surface area contributed by atoms with Crippen LogP contribution in [-0.4, -0.2) is 45.5 Å². The van der Waals surface area contributed by atoms with Gasteiger partial charge in [-0.15, -0.1) is 10.2 Å². The third kappa shape index (κ3) is 6.32. The zero-order chi connectivity index (χ0) is 23.1. The maximum Gasteiger partial charge on any atom is 0.237 e. The number of aromatic nitrogens is 3. The average Bonchev–Trinajstić information content (AvgIpc) is 3.16. The molecule has 3 rings (SSSR count). The first-order valence-electron chi connectivity index (χ1n) is 9.90. The molecule has 1 heterocycles. The molecule has 1 unspecified atom stereocenters. The number of hydrogen-bond acceptors (Lipinski definition) is 6. The van der Waals surface area contributed by atoms with Gasteiger partial charge in [-0.1, -0.05) is 23.4 Å². The van der Waals surface area contributed by atoms with Gasteiger partial charge in [-0.25, -0.2) is 0 Å². The molecule has 32 heavy (non-hydrogen) atoms. The molecule has 0 bridgehead atoms. The first-order chi connectivity index (χ1) is 15.4. The molecule has 3 aromatic rings. The summed E-state index contributed by atoms with van der Waals surface area (Å²) in [6.07, 6.45) is 0. The van der Waals surface area contributed by atoms with Crippen LogP contribution in [0.1, 0.15) is 13.8 Å². The summed E-state index contributed by atoms with van der Waals surface area (Å²) >= 11 is 7.32. The second-order valence-electron chi connectivity index (χ2n) is 6.97. The van der Waals surface area contributed by atoms with Gasteiger partial charge in [0.15, 0.2) is 11.0 Å². The molecule has 2 aromatic carbocycles. The number of halogens is 1. The van der Waals surface area contributed by atoms with Crippen molar-refractivity contribution in [3.63, 3.8) is 0 Å². The summed E-state index contributed by atoms with van der Waals surface area (Å²) in [6.45, 7) is 4.28. The highest BCUT2D eigenvalue weighted by Gasteiger charge is 2.21. The summed E-state index contributed by atoms with van der Waals surface area (Å²) in [7, 11) is 1.63. The van der Waals surface area contributed by atoms with Crippen LogP contribution >= 0.6 is 23.4 Å². The van der Waals surface area contributed by atoms with Crippen LogP contribution in [0.2, 0.25) is 5.02 Å². The van der Waals surface area contributed by atoms with E-state index in [4.69, 9.17) is 16.3 Å². The Morgan fingerprint density at radius 2 is 1.69 bits per heavy atom. The molecular formula is C22H24ClN5O3S. The molecule has 0 aliphatic rings. The number of rotatable bonds is 9. The van der Waals surface area contributed by atoms with Crippen LogP contribution in [0.15, 0.2) is 53.7 Å². The molecule has 0 spiro atoms. The summed E-state index contributed by atoms with van der Waals surface area (Å²) in [5, 5.41) is 15.0. The van der Waals surface area contributed by atoms with Crippen molar-refractivity contribution in [2.75, 3.05) is 24.4 Å². The molecule has 0 radical (unpaired) electrons. The van der Waals surface area contributed by atoms with Gasteiger partial charge in [-0.2, -0.15) is 0 Å². The van der Waals surface area contributed by atoms with E-state index in [1.165, 1.54) is 18.7 Å². The molecule has 168 valence electrons. The fourth-order valence-electron chi connectivity index (χ4n) is 2.87. The van der Waals surface area contributed by atoms with E-state index in [2.05, 4.69) is 20.8 Å². The molecule has 0 fully saturated rings. The Morgan fingerprint density at radius 1 is 1.06 bits per heavy atom. The first-order valence-corrected chi connectivity index (χ1v) is 11.2. The Morgan fingerprint density at radius 3 is 2.28 bits per heavy atom. The lowest BCUT2D eigenvalue weighted by Crippen LogP contribution is -2.23. The quantitative estimate of drug-likeness (QED) is 0.449. The molecule has 0 saturated carbocycles. The average molecular weight is 474 g/mol. The van der Waals surface area contributed by atoms with Crippen molar-refractivity contribution in [1.82, 2.24) is 14.8 Å². The van der Waals surface area contributed by atoms with Crippen LogP contribution in [-0.2, 0) is 20.9 Å². The van der Waals surface area contributed by atoms with Gasteiger partial charge in [0.2, 0.25) is 11.8 Å². The van der Waals surface area contributed by atoms with E-state index in [0.29, 0.717) is 40.5 Å². The van der Waals surface area contributed by atoms with E-state index in [0.717, 1.165) is 5.56 Å². The summed E-state index contributed by atoms with van der Waals surface area (Å²) < 4.78 is 7.17. The van der Waals surface area contributed by atoms with Crippen LogP contribution in [0.4, 0.5) is 11.4 Å². The highest BCUT2D eigenvalue weighted by atomic mass is 35.5. The Balaban J connectivity index is 1.71. The number of carbonyl (C=O) groups excluding carboxylic acids is 2. The summed E-state index contributed by atoms with van der Waals surface area (Å²) in [5.74, 6) is 0.362. The number of benzene rings is 2. The second-order valence-corrected chi connectivity index (χ2v) is 8.71. The maximum atomic E-state index is 12.7. The Labute approximate surface area is 195 Å². The minimum atomic E-state index is -0.423. The van der Waals surface area contributed by atoms with E-state index in [1.54, 1.807) is 43.5 Å². The largest absolute Gasteiger partial charge is 0.383 e. The van der Waals surface area contributed by atoms with Crippen molar-refractivity contribution in [2.24, 2.45) is 0 Å². The number of anilines is 2. The second kappa shape index (κ2) is 11.1. The zero-order valence-corrected chi connectivity index (χ0v) is 19.5. The van der Waals surface area contributed by atoms with Gasteiger partial charge in [-0.3, -0.25) is 14.2 Å². The molecule has 8 nitrogen and oxygen atoms in total. The van der Waals surface area contributed by atoms with Crippen LogP contribution in [0.25, 0.3) is 11.4 Å². The Bertz CT molecular complexity index is 1070. The molecule has 0 aliphatic heterocycles.